The number of hydrogen-bond acceptors (Lipinski definition) is 3. The van der Waals surface area contributed by atoms with E-state index in [2.05, 4.69) is 10.6 Å². The average Bonchev–Trinajstić information content (AvgIpc) is 3.17. The average molecular weight is 283 g/mol. The number of hydrogen-bond donors (Lipinski definition) is 3. The van der Waals surface area contributed by atoms with Gasteiger partial charge in [-0.1, -0.05) is 0 Å². The minimum absolute atomic E-state index is 0.167. The molecule has 1 fully saturated rings. The highest BCUT2D eigenvalue weighted by molar-refractivity contribution is 5.98. The van der Waals surface area contributed by atoms with Crippen molar-refractivity contribution in [1.82, 2.24) is 10.6 Å². The lowest BCUT2D eigenvalue weighted by Crippen LogP contribution is -2.45. The number of nitrogen functional groups attached to an aromatic ring is 1. The van der Waals surface area contributed by atoms with Gasteiger partial charge in [0.15, 0.2) is 0 Å². The van der Waals surface area contributed by atoms with Gasteiger partial charge in [-0.15, -0.1) is 0 Å². The minimum atomic E-state index is -1.02. The molecule has 0 radical (unpaired) electrons. The van der Waals surface area contributed by atoms with Gasteiger partial charge in [0.25, 0.3) is 5.91 Å². The van der Waals surface area contributed by atoms with Crippen LogP contribution in [-0.4, -0.2) is 23.9 Å². The van der Waals surface area contributed by atoms with Gasteiger partial charge in [0.2, 0.25) is 5.91 Å². The number of carbonyl (C=O) groups excluding carboxylic acids is 2. The first-order valence-electron chi connectivity index (χ1n) is 6.24. The molecule has 7 heteroatoms. The van der Waals surface area contributed by atoms with E-state index in [-0.39, 0.29) is 17.6 Å². The van der Waals surface area contributed by atoms with Gasteiger partial charge in [-0.3, -0.25) is 9.59 Å². The molecule has 4 N–H and O–H groups in total. The van der Waals surface area contributed by atoms with Crippen LogP contribution in [0.1, 0.15) is 30.1 Å². The Hall–Kier alpha value is -2.18. The maximum Gasteiger partial charge on any atom is 0.254 e. The molecule has 20 heavy (non-hydrogen) atoms. The fraction of sp³-hybridized carbons (Fsp3) is 0.385. The molecule has 1 saturated carbocycles. The number of rotatable bonds is 4. The van der Waals surface area contributed by atoms with Gasteiger partial charge in [-0.25, -0.2) is 8.78 Å². The van der Waals surface area contributed by atoms with Crippen LogP contribution in [-0.2, 0) is 4.79 Å². The van der Waals surface area contributed by atoms with Crippen LogP contribution in [0, 0.1) is 11.6 Å². The molecule has 5 nitrogen and oxygen atoms in total. The summed E-state index contributed by atoms with van der Waals surface area (Å²) in [7, 11) is 0. The van der Waals surface area contributed by atoms with Gasteiger partial charge in [0.1, 0.15) is 17.7 Å². The largest absolute Gasteiger partial charge is 0.396 e. The van der Waals surface area contributed by atoms with Crippen molar-refractivity contribution in [2.24, 2.45) is 0 Å². The van der Waals surface area contributed by atoms with Crippen molar-refractivity contribution in [2.75, 3.05) is 5.73 Å². The summed E-state index contributed by atoms with van der Waals surface area (Å²) in [4.78, 5) is 23.5. The highest BCUT2D eigenvalue weighted by atomic mass is 19.1. The number of anilines is 1. The Balaban J connectivity index is 2.03. The van der Waals surface area contributed by atoms with Gasteiger partial charge in [0.05, 0.1) is 11.3 Å². The molecule has 1 aromatic rings. The third kappa shape index (κ3) is 3.23. The van der Waals surface area contributed by atoms with E-state index >= 15 is 0 Å². The van der Waals surface area contributed by atoms with Crippen molar-refractivity contribution in [3.63, 3.8) is 0 Å². The predicted molar refractivity (Wildman–Crippen MR) is 68.9 cm³/mol. The molecule has 1 aliphatic carbocycles. The molecule has 0 heterocycles. The summed E-state index contributed by atoms with van der Waals surface area (Å²) in [5.41, 5.74) is 4.57. The predicted octanol–water partition coefficient (Wildman–Crippen LogP) is 0.944. The van der Waals surface area contributed by atoms with Gasteiger partial charge >= 0.3 is 0 Å². The Morgan fingerprint density at radius 2 is 1.95 bits per heavy atom. The first kappa shape index (κ1) is 14.2. The lowest BCUT2D eigenvalue weighted by molar-refractivity contribution is -0.122. The highest BCUT2D eigenvalue weighted by Crippen LogP contribution is 2.19. The maximum atomic E-state index is 13.5. The zero-order valence-corrected chi connectivity index (χ0v) is 10.9. The maximum absolute atomic E-state index is 13.5. The van der Waals surface area contributed by atoms with Gasteiger partial charge < -0.3 is 16.4 Å². The van der Waals surface area contributed by atoms with Crippen LogP contribution in [0.4, 0.5) is 14.5 Å². The highest BCUT2D eigenvalue weighted by Gasteiger charge is 2.27. The quantitative estimate of drug-likeness (QED) is 0.719. The lowest BCUT2D eigenvalue weighted by Gasteiger charge is -2.14. The molecule has 2 rings (SSSR count). The number of carbonyl (C=O) groups is 2. The van der Waals surface area contributed by atoms with Gasteiger partial charge in [-0.2, -0.15) is 0 Å². The third-order valence-corrected chi connectivity index (χ3v) is 3.00. The van der Waals surface area contributed by atoms with Crippen molar-refractivity contribution in [1.29, 1.82) is 0 Å². The summed E-state index contributed by atoms with van der Waals surface area (Å²) in [6, 6.07) is 0.805. The summed E-state index contributed by atoms with van der Waals surface area (Å²) in [5.74, 6) is -3.11. The first-order valence-corrected chi connectivity index (χ1v) is 6.24. The SMILES string of the molecule is CC(NC(=O)c1cc(N)c(F)cc1F)C(=O)NC1CC1. The topological polar surface area (TPSA) is 84.2 Å². The summed E-state index contributed by atoms with van der Waals surface area (Å²) in [6.45, 7) is 1.49. The van der Waals surface area contributed by atoms with Crippen LogP contribution in [0.15, 0.2) is 12.1 Å². The van der Waals surface area contributed by atoms with Crippen LogP contribution < -0.4 is 16.4 Å². The number of benzene rings is 1. The number of amides is 2. The fourth-order valence-corrected chi connectivity index (χ4v) is 1.63. The standard InChI is InChI=1S/C13H15F2N3O2/c1-6(12(19)18-7-2-3-7)17-13(20)8-4-11(16)10(15)5-9(8)14/h4-7H,2-3,16H2,1H3,(H,17,20)(H,18,19). The molecule has 0 spiro atoms. The molecule has 1 unspecified atom stereocenters. The smallest absolute Gasteiger partial charge is 0.254 e. The van der Waals surface area contributed by atoms with E-state index in [1.165, 1.54) is 6.92 Å². The van der Waals surface area contributed by atoms with Crippen molar-refractivity contribution in [3.05, 3.63) is 29.3 Å². The van der Waals surface area contributed by atoms with E-state index in [9.17, 15) is 18.4 Å². The molecule has 0 aliphatic heterocycles. The molecule has 0 saturated heterocycles. The summed E-state index contributed by atoms with van der Waals surface area (Å²) in [6.07, 6.45) is 1.85. The molecule has 2 amide bonds. The number of halogens is 2. The number of nitrogens with one attached hydrogen (secondary N) is 2. The van der Waals surface area contributed by atoms with E-state index in [4.69, 9.17) is 5.73 Å². The summed E-state index contributed by atoms with van der Waals surface area (Å²) < 4.78 is 26.5. The van der Waals surface area contributed by atoms with Crippen LogP contribution >= 0.6 is 0 Å². The second-order valence-electron chi connectivity index (χ2n) is 4.83. The van der Waals surface area contributed by atoms with E-state index in [0.29, 0.717) is 6.07 Å². The summed E-state index contributed by atoms with van der Waals surface area (Å²) in [5, 5.41) is 5.06. The molecular weight excluding hydrogens is 268 g/mol. The lowest BCUT2D eigenvalue weighted by atomic mass is 10.1. The van der Waals surface area contributed by atoms with Crippen LogP contribution in [0.5, 0.6) is 0 Å². The Bertz CT molecular complexity index is 559. The fourth-order valence-electron chi connectivity index (χ4n) is 1.63. The second kappa shape index (κ2) is 5.44. The second-order valence-corrected chi connectivity index (χ2v) is 4.83. The van der Waals surface area contributed by atoms with Crippen LogP contribution in [0.2, 0.25) is 0 Å². The Kier molecular flexibility index (Phi) is 3.87. The van der Waals surface area contributed by atoms with Gasteiger partial charge in [-0.05, 0) is 25.8 Å². The van der Waals surface area contributed by atoms with E-state index in [1.807, 2.05) is 0 Å². The van der Waals surface area contributed by atoms with Crippen molar-refractivity contribution >= 4 is 17.5 Å². The minimum Gasteiger partial charge on any atom is -0.396 e. The van der Waals surface area contributed by atoms with E-state index in [0.717, 1.165) is 18.9 Å². The van der Waals surface area contributed by atoms with Crippen molar-refractivity contribution in [3.8, 4) is 0 Å². The molecule has 1 atom stereocenters. The van der Waals surface area contributed by atoms with Gasteiger partial charge in [0, 0.05) is 12.1 Å². The zero-order valence-electron chi connectivity index (χ0n) is 10.9. The first-order chi connectivity index (χ1) is 9.38. The van der Waals surface area contributed by atoms with Crippen LogP contribution in [0.25, 0.3) is 0 Å². The van der Waals surface area contributed by atoms with Crippen molar-refractivity contribution < 1.29 is 18.4 Å². The molecular formula is C13H15F2N3O2. The monoisotopic (exact) mass is 283 g/mol. The van der Waals surface area contributed by atoms with Crippen LogP contribution in [0.3, 0.4) is 0 Å². The Labute approximate surface area is 114 Å². The molecule has 108 valence electrons. The number of nitrogens with two attached hydrogens (primary N) is 1. The normalized spacial score (nSPS) is 15.6. The Morgan fingerprint density at radius 3 is 2.55 bits per heavy atom. The molecule has 1 aliphatic rings. The summed E-state index contributed by atoms with van der Waals surface area (Å²) >= 11 is 0. The molecule has 1 aromatic carbocycles. The Morgan fingerprint density at radius 1 is 1.30 bits per heavy atom. The zero-order chi connectivity index (χ0) is 14.9. The molecule has 0 bridgehead atoms. The van der Waals surface area contributed by atoms with E-state index in [1.54, 1.807) is 0 Å². The van der Waals surface area contributed by atoms with E-state index < -0.39 is 29.1 Å². The van der Waals surface area contributed by atoms with Crippen molar-refractivity contribution in [2.45, 2.75) is 31.8 Å². The third-order valence-electron chi connectivity index (χ3n) is 3.00. The molecule has 0 aromatic heterocycles.